The first-order valence-electron chi connectivity index (χ1n) is 7.60. The van der Waals surface area contributed by atoms with Gasteiger partial charge in [-0.05, 0) is 24.8 Å². The summed E-state index contributed by atoms with van der Waals surface area (Å²) in [7, 11) is 2.23. The van der Waals surface area contributed by atoms with Crippen LogP contribution in [0.2, 0.25) is 0 Å². The summed E-state index contributed by atoms with van der Waals surface area (Å²) in [5.41, 5.74) is 1.30. The minimum atomic E-state index is 0.657. The molecule has 1 aromatic heterocycles. The van der Waals surface area contributed by atoms with Crippen LogP contribution in [0.1, 0.15) is 5.56 Å². The van der Waals surface area contributed by atoms with Crippen LogP contribution in [0.5, 0.6) is 0 Å². The first-order valence-corrected chi connectivity index (χ1v) is 7.60. The number of likely N-dealkylation sites (N-methyl/N-ethyl adjacent to an activating group) is 1. The fourth-order valence-electron chi connectivity index (χ4n) is 3.59. The van der Waals surface area contributed by atoms with E-state index in [1.165, 1.54) is 25.2 Å². The van der Waals surface area contributed by atoms with E-state index in [2.05, 4.69) is 43.9 Å². The summed E-state index contributed by atoms with van der Waals surface area (Å²) in [6, 6.07) is 5.07. The number of hydrogen-bond acceptors (Lipinski definition) is 5. The largest absolute Gasteiger partial charge is 0.313 e. The van der Waals surface area contributed by atoms with Gasteiger partial charge in [-0.2, -0.15) is 0 Å². The van der Waals surface area contributed by atoms with E-state index in [0.29, 0.717) is 6.67 Å². The highest BCUT2D eigenvalue weighted by molar-refractivity contribution is 5.73. The van der Waals surface area contributed by atoms with E-state index in [0.717, 1.165) is 24.3 Å². The Hall–Kier alpha value is -1.72. The molecular formula is C16H21N5. The molecule has 0 bridgehead atoms. The van der Waals surface area contributed by atoms with Crippen molar-refractivity contribution in [1.29, 1.82) is 0 Å². The molecule has 2 saturated heterocycles. The Labute approximate surface area is 125 Å². The van der Waals surface area contributed by atoms with Crippen LogP contribution in [0.4, 0.5) is 5.82 Å². The lowest BCUT2D eigenvalue weighted by atomic mass is 9.93. The minimum absolute atomic E-state index is 0.657. The summed E-state index contributed by atoms with van der Waals surface area (Å²) in [5, 5.41) is 0. The molecule has 0 radical (unpaired) electrons. The number of hydrogen-bond donors (Lipinski definition) is 0. The van der Waals surface area contributed by atoms with Gasteiger partial charge in [0.1, 0.15) is 12.5 Å². The number of anilines is 1. The summed E-state index contributed by atoms with van der Waals surface area (Å²) in [4.78, 5) is 15.9. The predicted molar refractivity (Wildman–Crippen MR) is 84.4 cm³/mol. The Morgan fingerprint density at radius 2 is 2.19 bits per heavy atom. The molecule has 5 nitrogen and oxygen atoms in total. The average Bonchev–Trinajstić information content (AvgIpc) is 2.85. The number of aromatic nitrogens is 1. The fraction of sp³-hybridized carbons (Fsp3) is 0.500. The van der Waals surface area contributed by atoms with Crippen LogP contribution in [-0.2, 0) is 6.54 Å². The molecule has 2 unspecified atom stereocenters. The van der Waals surface area contributed by atoms with Gasteiger partial charge in [-0.1, -0.05) is 6.07 Å². The summed E-state index contributed by atoms with van der Waals surface area (Å²) >= 11 is 0. The number of aliphatic imine (C=N–C) groups is 1. The molecule has 4 heterocycles. The molecule has 0 aromatic carbocycles. The van der Waals surface area contributed by atoms with Crippen molar-refractivity contribution < 1.29 is 0 Å². The van der Waals surface area contributed by atoms with Crippen molar-refractivity contribution in [1.82, 2.24) is 14.8 Å². The number of pyridine rings is 1. The molecule has 0 spiro atoms. The van der Waals surface area contributed by atoms with Gasteiger partial charge in [0.25, 0.3) is 0 Å². The number of nitrogens with zero attached hydrogens (tertiary/aromatic N) is 5. The van der Waals surface area contributed by atoms with E-state index in [9.17, 15) is 0 Å². The van der Waals surface area contributed by atoms with Crippen molar-refractivity contribution in [3.8, 4) is 0 Å². The molecule has 0 saturated carbocycles. The Kier molecular flexibility index (Phi) is 3.24. The molecule has 2 atom stereocenters. The second kappa shape index (κ2) is 5.24. The second-order valence-electron chi connectivity index (χ2n) is 6.27. The van der Waals surface area contributed by atoms with Gasteiger partial charge < -0.3 is 9.80 Å². The van der Waals surface area contributed by atoms with E-state index < -0.39 is 0 Å². The highest BCUT2D eigenvalue weighted by Crippen LogP contribution is 2.31. The van der Waals surface area contributed by atoms with Gasteiger partial charge in [-0.3, -0.25) is 9.89 Å². The van der Waals surface area contributed by atoms with Crippen LogP contribution in [-0.4, -0.2) is 60.4 Å². The maximum Gasteiger partial charge on any atom is 0.134 e. The standard InChI is InChI=1S/C16H21N5/c1-19-9-14-10-20(11-15(14)19)8-13-3-4-16(18-7-13)21-6-2-5-17-12-21/h2-7,14-15H,8-12H2,1H3. The van der Waals surface area contributed by atoms with Crippen LogP contribution in [0.25, 0.3) is 0 Å². The van der Waals surface area contributed by atoms with Gasteiger partial charge >= 0.3 is 0 Å². The van der Waals surface area contributed by atoms with E-state index >= 15 is 0 Å². The first-order chi connectivity index (χ1) is 10.3. The van der Waals surface area contributed by atoms with Crippen molar-refractivity contribution in [2.24, 2.45) is 10.9 Å². The van der Waals surface area contributed by atoms with E-state index in [4.69, 9.17) is 0 Å². The quantitative estimate of drug-likeness (QED) is 0.835. The van der Waals surface area contributed by atoms with E-state index in [1.54, 1.807) is 0 Å². The molecule has 0 N–H and O–H groups in total. The fourth-order valence-corrected chi connectivity index (χ4v) is 3.59. The zero-order chi connectivity index (χ0) is 14.2. The monoisotopic (exact) mass is 283 g/mol. The first kappa shape index (κ1) is 13.0. The Bertz CT molecular complexity index is 565. The van der Waals surface area contributed by atoms with Crippen LogP contribution < -0.4 is 4.90 Å². The average molecular weight is 283 g/mol. The molecule has 0 aliphatic carbocycles. The number of likely N-dealkylation sites (tertiary alicyclic amines) is 2. The van der Waals surface area contributed by atoms with Crippen molar-refractivity contribution in [2.45, 2.75) is 12.6 Å². The van der Waals surface area contributed by atoms with Crippen LogP contribution in [0.3, 0.4) is 0 Å². The van der Waals surface area contributed by atoms with Gasteiger partial charge in [0, 0.05) is 56.8 Å². The van der Waals surface area contributed by atoms with E-state index in [1.807, 2.05) is 24.7 Å². The highest BCUT2D eigenvalue weighted by atomic mass is 15.3. The lowest BCUT2D eigenvalue weighted by Gasteiger charge is -2.40. The zero-order valence-corrected chi connectivity index (χ0v) is 12.4. The van der Waals surface area contributed by atoms with Gasteiger partial charge in [0.2, 0.25) is 0 Å². The number of rotatable bonds is 3. The van der Waals surface area contributed by atoms with Gasteiger partial charge in [0.05, 0.1) is 0 Å². The normalized spacial score (nSPS) is 28.7. The Morgan fingerprint density at radius 1 is 1.24 bits per heavy atom. The molecule has 3 aliphatic heterocycles. The molecule has 1 aromatic rings. The Balaban J connectivity index is 1.38. The molecule has 2 fully saturated rings. The smallest absolute Gasteiger partial charge is 0.134 e. The lowest BCUT2D eigenvalue weighted by Crippen LogP contribution is -2.52. The molecule has 3 aliphatic rings. The summed E-state index contributed by atoms with van der Waals surface area (Å²) < 4.78 is 0. The zero-order valence-electron chi connectivity index (χ0n) is 12.4. The molecular weight excluding hydrogens is 262 g/mol. The molecule has 21 heavy (non-hydrogen) atoms. The van der Waals surface area contributed by atoms with Crippen LogP contribution in [0, 0.1) is 5.92 Å². The van der Waals surface area contributed by atoms with Crippen molar-refractivity contribution in [3.63, 3.8) is 0 Å². The summed E-state index contributed by atoms with van der Waals surface area (Å²) in [5.74, 6) is 1.85. The van der Waals surface area contributed by atoms with Crippen molar-refractivity contribution in [3.05, 3.63) is 36.2 Å². The van der Waals surface area contributed by atoms with Gasteiger partial charge in [-0.25, -0.2) is 4.98 Å². The molecule has 5 heteroatoms. The third-order valence-electron chi connectivity index (χ3n) is 4.77. The Morgan fingerprint density at radius 3 is 2.86 bits per heavy atom. The number of fused-ring (bicyclic) bond motifs is 1. The third-order valence-corrected chi connectivity index (χ3v) is 4.77. The summed E-state index contributed by atoms with van der Waals surface area (Å²) in [6.45, 7) is 5.37. The molecule has 0 amide bonds. The van der Waals surface area contributed by atoms with Gasteiger partial charge in [-0.15, -0.1) is 0 Å². The molecule has 110 valence electrons. The van der Waals surface area contributed by atoms with Crippen LogP contribution in [0.15, 0.2) is 35.6 Å². The minimum Gasteiger partial charge on any atom is -0.313 e. The number of allylic oxidation sites excluding steroid dienone is 1. The second-order valence-corrected chi connectivity index (χ2v) is 6.27. The van der Waals surface area contributed by atoms with Crippen molar-refractivity contribution in [2.75, 3.05) is 38.3 Å². The van der Waals surface area contributed by atoms with Gasteiger partial charge in [0.15, 0.2) is 0 Å². The third kappa shape index (κ3) is 2.47. The summed E-state index contributed by atoms with van der Waals surface area (Å²) in [6.07, 6.45) is 7.79. The SMILES string of the molecule is CN1CC2CN(Cc3ccc(N4C=CC=NC4)nc3)CC21. The molecule has 4 rings (SSSR count). The lowest BCUT2D eigenvalue weighted by molar-refractivity contribution is 0.0825. The van der Waals surface area contributed by atoms with Crippen LogP contribution >= 0.6 is 0 Å². The maximum absolute atomic E-state index is 4.58. The highest BCUT2D eigenvalue weighted by Gasteiger charge is 2.43. The van der Waals surface area contributed by atoms with Crippen molar-refractivity contribution >= 4 is 12.0 Å². The predicted octanol–water partition coefficient (Wildman–Crippen LogP) is 1.19. The topological polar surface area (TPSA) is 35.0 Å². The van der Waals surface area contributed by atoms with E-state index in [-0.39, 0.29) is 0 Å². The maximum atomic E-state index is 4.58.